The first-order valence-corrected chi connectivity index (χ1v) is 7.94. The zero-order valence-corrected chi connectivity index (χ0v) is 12.9. The van der Waals surface area contributed by atoms with E-state index in [0.29, 0.717) is 16.7 Å². The highest BCUT2D eigenvalue weighted by atomic mass is 79.9. The SMILES string of the molecule is O=C1Nc2cc(F)c(Br)cc2NCC12CCCCCC2. The highest BCUT2D eigenvalue weighted by molar-refractivity contribution is 9.10. The molecule has 2 N–H and O–H groups in total. The topological polar surface area (TPSA) is 41.1 Å². The summed E-state index contributed by atoms with van der Waals surface area (Å²) < 4.78 is 14.1. The second kappa shape index (κ2) is 5.35. The van der Waals surface area contributed by atoms with Crippen molar-refractivity contribution in [2.24, 2.45) is 5.41 Å². The number of hydrogen-bond donors (Lipinski definition) is 2. The summed E-state index contributed by atoms with van der Waals surface area (Å²) in [6.45, 7) is 0.629. The molecule has 108 valence electrons. The maximum atomic E-state index is 13.6. The van der Waals surface area contributed by atoms with Crippen LogP contribution in [0.2, 0.25) is 0 Å². The molecule has 1 aromatic rings. The van der Waals surface area contributed by atoms with Crippen LogP contribution >= 0.6 is 15.9 Å². The molecule has 1 spiro atoms. The number of nitrogens with one attached hydrogen (secondary N) is 2. The maximum absolute atomic E-state index is 13.6. The molecule has 1 heterocycles. The minimum Gasteiger partial charge on any atom is -0.382 e. The van der Waals surface area contributed by atoms with Gasteiger partial charge in [0.05, 0.1) is 21.3 Å². The van der Waals surface area contributed by atoms with Crippen LogP contribution in [0.5, 0.6) is 0 Å². The minimum atomic E-state index is -0.359. The van der Waals surface area contributed by atoms with Crippen LogP contribution in [-0.2, 0) is 4.79 Å². The molecule has 3 nitrogen and oxygen atoms in total. The third-order valence-corrected chi connectivity index (χ3v) is 5.08. The maximum Gasteiger partial charge on any atom is 0.232 e. The van der Waals surface area contributed by atoms with Crippen molar-refractivity contribution in [2.75, 3.05) is 17.2 Å². The van der Waals surface area contributed by atoms with Crippen molar-refractivity contribution in [1.82, 2.24) is 0 Å². The van der Waals surface area contributed by atoms with Gasteiger partial charge in [-0.15, -0.1) is 0 Å². The van der Waals surface area contributed by atoms with Crippen molar-refractivity contribution in [2.45, 2.75) is 38.5 Å². The summed E-state index contributed by atoms with van der Waals surface area (Å²) in [5.74, 6) is -0.324. The molecule has 0 aromatic heterocycles. The Morgan fingerprint density at radius 3 is 2.50 bits per heavy atom. The fourth-order valence-electron chi connectivity index (χ4n) is 3.21. The van der Waals surface area contributed by atoms with Crippen LogP contribution in [0.3, 0.4) is 0 Å². The molecule has 0 atom stereocenters. The van der Waals surface area contributed by atoms with Crippen LogP contribution < -0.4 is 10.6 Å². The molecular weight excluding hydrogens is 323 g/mol. The number of halogens is 2. The lowest BCUT2D eigenvalue weighted by atomic mass is 9.79. The lowest BCUT2D eigenvalue weighted by Crippen LogP contribution is -2.39. The number of carbonyl (C=O) groups excluding carboxylic acids is 1. The first-order valence-electron chi connectivity index (χ1n) is 7.15. The number of amides is 1. The molecule has 1 saturated carbocycles. The molecule has 0 unspecified atom stereocenters. The Hall–Kier alpha value is -1.10. The second-order valence-corrected chi connectivity index (χ2v) is 6.67. The molecule has 0 radical (unpaired) electrons. The largest absolute Gasteiger partial charge is 0.382 e. The molecule has 3 rings (SSSR count). The van der Waals surface area contributed by atoms with Gasteiger partial charge in [0.2, 0.25) is 5.91 Å². The average molecular weight is 341 g/mol. The highest BCUT2D eigenvalue weighted by Crippen LogP contribution is 2.40. The van der Waals surface area contributed by atoms with E-state index < -0.39 is 0 Å². The Kier molecular flexibility index (Phi) is 3.71. The molecule has 1 fully saturated rings. The van der Waals surface area contributed by atoms with Crippen LogP contribution in [0.4, 0.5) is 15.8 Å². The summed E-state index contributed by atoms with van der Waals surface area (Å²) in [4.78, 5) is 12.6. The Morgan fingerprint density at radius 2 is 1.80 bits per heavy atom. The summed E-state index contributed by atoms with van der Waals surface area (Å²) in [5.41, 5.74) is 0.975. The van der Waals surface area contributed by atoms with Crippen molar-refractivity contribution < 1.29 is 9.18 Å². The Labute approximate surface area is 126 Å². The standard InChI is InChI=1S/C15H18BrFN2O/c16-10-7-12-13(8-11(10)17)19-14(20)15(9-18-12)5-3-1-2-4-6-15/h7-8,18H,1-6,9H2,(H,19,20). The quantitative estimate of drug-likeness (QED) is 0.739. The number of benzene rings is 1. The number of hydrogen-bond acceptors (Lipinski definition) is 2. The fraction of sp³-hybridized carbons (Fsp3) is 0.533. The van der Waals surface area contributed by atoms with Gasteiger partial charge < -0.3 is 10.6 Å². The first kappa shape index (κ1) is 13.9. The number of rotatable bonds is 0. The van der Waals surface area contributed by atoms with E-state index in [4.69, 9.17) is 0 Å². The van der Waals surface area contributed by atoms with E-state index in [2.05, 4.69) is 26.6 Å². The molecular formula is C15H18BrFN2O. The summed E-state index contributed by atoms with van der Waals surface area (Å²) in [6.07, 6.45) is 6.38. The van der Waals surface area contributed by atoms with Gasteiger partial charge in [-0.2, -0.15) is 0 Å². The lowest BCUT2D eigenvalue weighted by Gasteiger charge is -2.29. The Balaban J connectivity index is 1.93. The van der Waals surface area contributed by atoms with Crippen molar-refractivity contribution in [3.05, 3.63) is 22.4 Å². The van der Waals surface area contributed by atoms with Gasteiger partial charge in [-0.1, -0.05) is 25.7 Å². The predicted molar refractivity (Wildman–Crippen MR) is 81.4 cm³/mol. The molecule has 5 heteroatoms. The second-order valence-electron chi connectivity index (χ2n) is 5.81. The Bertz CT molecular complexity index is 539. The van der Waals surface area contributed by atoms with Crippen LogP contribution in [0.25, 0.3) is 0 Å². The molecule has 0 bridgehead atoms. The van der Waals surface area contributed by atoms with Gasteiger partial charge in [-0.05, 0) is 34.8 Å². The molecule has 20 heavy (non-hydrogen) atoms. The van der Waals surface area contributed by atoms with E-state index in [0.717, 1.165) is 31.4 Å². The summed E-state index contributed by atoms with van der Waals surface area (Å²) >= 11 is 3.19. The normalized spacial score (nSPS) is 21.4. The van der Waals surface area contributed by atoms with Gasteiger partial charge in [-0.3, -0.25) is 4.79 Å². The van der Waals surface area contributed by atoms with Crippen LogP contribution in [0, 0.1) is 11.2 Å². The third-order valence-electron chi connectivity index (χ3n) is 4.47. The summed E-state index contributed by atoms with van der Waals surface area (Å²) in [5, 5.41) is 6.25. The minimum absolute atomic E-state index is 0.0346. The smallest absolute Gasteiger partial charge is 0.232 e. The van der Waals surface area contributed by atoms with Crippen molar-refractivity contribution >= 4 is 33.2 Å². The molecule has 1 aliphatic carbocycles. The molecule has 2 aliphatic rings. The van der Waals surface area contributed by atoms with E-state index in [1.54, 1.807) is 6.07 Å². The van der Waals surface area contributed by atoms with Crippen molar-refractivity contribution in [1.29, 1.82) is 0 Å². The monoisotopic (exact) mass is 340 g/mol. The number of anilines is 2. The van der Waals surface area contributed by atoms with Crippen LogP contribution in [-0.4, -0.2) is 12.5 Å². The van der Waals surface area contributed by atoms with E-state index in [-0.39, 0.29) is 17.1 Å². The Morgan fingerprint density at radius 1 is 1.10 bits per heavy atom. The zero-order valence-electron chi connectivity index (χ0n) is 11.3. The predicted octanol–water partition coefficient (Wildman–Crippen LogP) is 4.29. The molecule has 1 amide bonds. The summed E-state index contributed by atoms with van der Waals surface area (Å²) in [7, 11) is 0. The first-order chi connectivity index (χ1) is 9.61. The van der Waals surface area contributed by atoms with Gasteiger partial charge in [0.25, 0.3) is 0 Å². The van der Waals surface area contributed by atoms with Gasteiger partial charge in [-0.25, -0.2) is 4.39 Å². The zero-order chi connectivity index (χ0) is 14.2. The highest BCUT2D eigenvalue weighted by Gasteiger charge is 2.40. The average Bonchev–Trinajstić information content (AvgIpc) is 2.73. The summed E-state index contributed by atoms with van der Waals surface area (Å²) in [6, 6.07) is 3.07. The van der Waals surface area contributed by atoms with Gasteiger partial charge in [0.15, 0.2) is 0 Å². The van der Waals surface area contributed by atoms with Gasteiger partial charge in [0.1, 0.15) is 5.82 Å². The molecule has 0 saturated heterocycles. The van der Waals surface area contributed by atoms with E-state index in [9.17, 15) is 9.18 Å². The van der Waals surface area contributed by atoms with E-state index >= 15 is 0 Å². The van der Waals surface area contributed by atoms with Crippen molar-refractivity contribution in [3.63, 3.8) is 0 Å². The van der Waals surface area contributed by atoms with E-state index in [1.165, 1.54) is 18.9 Å². The molecule has 1 aliphatic heterocycles. The number of fused-ring (bicyclic) bond motifs is 1. The lowest BCUT2D eigenvalue weighted by molar-refractivity contribution is -0.125. The molecule has 1 aromatic carbocycles. The third kappa shape index (κ3) is 2.43. The van der Waals surface area contributed by atoms with Crippen molar-refractivity contribution in [3.8, 4) is 0 Å². The van der Waals surface area contributed by atoms with Gasteiger partial charge in [0, 0.05) is 12.6 Å². The fourth-order valence-corrected chi connectivity index (χ4v) is 3.55. The van der Waals surface area contributed by atoms with Crippen LogP contribution in [0.1, 0.15) is 38.5 Å². The number of carbonyl (C=O) groups is 1. The van der Waals surface area contributed by atoms with E-state index in [1.807, 2.05) is 0 Å². The van der Waals surface area contributed by atoms with Gasteiger partial charge >= 0.3 is 0 Å². The van der Waals surface area contributed by atoms with Crippen LogP contribution in [0.15, 0.2) is 16.6 Å².